The van der Waals surface area contributed by atoms with Gasteiger partial charge in [0, 0.05) is 39.3 Å². The highest BCUT2D eigenvalue weighted by Crippen LogP contribution is 2.43. The molecule has 0 amide bonds. The molecule has 2 fully saturated rings. The van der Waals surface area contributed by atoms with E-state index in [0.717, 1.165) is 24.3 Å². The molecule has 2 bridgehead atoms. The number of nitrogens with zero attached hydrogens (tertiary/aromatic N) is 2. The predicted octanol–water partition coefficient (Wildman–Crippen LogP) is 3.32. The number of hydrogen-bond donors (Lipinski definition) is 0. The van der Waals surface area contributed by atoms with E-state index >= 15 is 0 Å². The molecule has 1 heterocycles. The second-order valence-corrected chi connectivity index (χ2v) is 7.61. The Kier molecular flexibility index (Phi) is 4.06. The third-order valence-electron chi connectivity index (χ3n) is 5.86. The van der Waals surface area contributed by atoms with Crippen LogP contribution in [0.1, 0.15) is 24.0 Å². The number of piperazine rings is 1. The highest BCUT2D eigenvalue weighted by atomic mass is 15.3. The highest BCUT2D eigenvalue weighted by Gasteiger charge is 2.36. The summed E-state index contributed by atoms with van der Waals surface area (Å²) in [5, 5.41) is 0. The average Bonchev–Trinajstić information content (AvgIpc) is 3.12. The molecular weight excluding hydrogens is 268 g/mol. The van der Waals surface area contributed by atoms with Crippen molar-refractivity contribution in [3.8, 4) is 0 Å². The first-order valence-electron chi connectivity index (χ1n) is 8.95. The van der Waals surface area contributed by atoms with Crippen LogP contribution in [-0.2, 0) is 6.54 Å². The van der Waals surface area contributed by atoms with Crippen molar-refractivity contribution in [2.24, 2.45) is 17.8 Å². The molecule has 0 aromatic heterocycles. The minimum Gasteiger partial charge on any atom is -0.300 e. The summed E-state index contributed by atoms with van der Waals surface area (Å²) in [6.07, 6.45) is 7.84. The topological polar surface area (TPSA) is 6.48 Å². The van der Waals surface area contributed by atoms with Crippen molar-refractivity contribution in [1.82, 2.24) is 9.80 Å². The Labute approximate surface area is 134 Å². The lowest BCUT2D eigenvalue weighted by Crippen LogP contribution is -2.47. The van der Waals surface area contributed by atoms with E-state index in [2.05, 4.69) is 53.1 Å². The molecule has 4 rings (SSSR count). The predicted molar refractivity (Wildman–Crippen MR) is 91.7 cm³/mol. The molecule has 1 aliphatic heterocycles. The number of allylic oxidation sites excluding steroid dienone is 2. The van der Waals surface area contributed by atoms with Crippen molar-refractivity contribution in [3.63, 3.8) is 0 Å². The molecule has 1 aromatic carbocycles. The number of aryl methyl sites for hydroxylation is 1. The second kappa shape index (κ2) is 6.17. The summed E-state index contributed by atoms with van der Waals surface area (Å²) in [5.41, 5.74) is 2.84. The number of rotatable bonds is 4. The van der Waals surface area contributed by atoms with Gasteiger partial charge >= 0.3 is 0 Å². The van der Waals surface area contributed by atoms with Crippen molar-refractivity contribution in [1.29, 1.82) is 0 Å². The van der Waals surface area contributed by atoms with Crippen molar-refractivity contribution >= 4 is 0 Å². The van der Waals surface area contributed by atoms with Gasteiger partial charge in [0.25, 0.3) is 0 Å². The summed E-state index contributed by atoms with van der Waals surface area (Å²) in [4.78, 5) is 5.33. The Balaban J connectivity index is 1.25. The van der Waals surface area contributed by atoms with Crippen LogP contribution in [0.2, 0.25) is 0 Å². The van der Waals surface area contributed by atoms with Gasteiger partial charge in [-0.15, -0.1) is 0 Å². The minimum atomic E-state index is 0.898. The molecule has 118 valence electrons. The molecule has 0 unspecified atom stereocenters. The lowest BCUT2D eigenvalue weighted by Gasteiger charge is -2.37. The molecule has 3 atom stereocenters. The summed E-state index contributed by atoms with van der Waals surface area (Å²) in [5.74, 6) is 2.76. The zero-order chi connectivity index (χ0) is 14.9. The van der Waals surface area contributed by atoms with Crippen molar-refractivity contribution in [2.45, 2.75) is 26.3 Å². The number of hydrogen-bond acceptors (Lipinski definition) is 2. The van der Waals surface area contributed by atoms with Crippen molar-refractivity contribution in [3.05, 3.63) is 47.5 Å². The lowest BCUT2D eigenvalue weighted by molar-refractivity contribution is 0.108. The Morgan fingerprint density at radius 2 is 1.82 bits per heavy atom. The fraction of sp³-hybridized carbons (Fsp3) is 0.600. The van der Waals surface area contributed by atoms with Gasteiger partial charge in [0.15, 0.2) is 0 Å². The molecular formula is C20H28N2. The van der Waals surface area contributed by atoms with E-state index in [-0.39, 0.29) is 0 Å². The molecule has 2 aliphatic carbocycles. The largest absolute Gasteiger partial charge is 0.300 e. The first kappa shape index (κ1) is 14.5. The zero-order valence-corrected chi connectivity index (χ0v) is 13.7. The summed E-state index contributed by atoms with van der Waals surface area (Å²) in [6.45, 7) is 9.60. The summed E-state index contributed by atoms with van der Waals surface area (Å²) in [6, 6.07) is 8.96. The molecule has 3 aliphatic rings. The quantitative estimate of drug-likeness (QED) is 0.786. The van der Waals surface area contributed by atoms with E-state index in [4.69, 9.17) is 0 Å². The van der Waals surface area contributed by atoms with Crippen LogP contribution in [0.5, 0.6) is 0 Å². The van der Waals surface area contributed by atoms with E-state index < -0.39 is 0 Å². The Bertz CT molecular complexity index is 542. The lowest BCUT2D eigenvalue weighted by atomic mass is 9.93. The third kappa shape index (κ3) is 3.13. The van der Waals surface area contributed by atoms with E-state index in [0.29, 0.717) is 0 Å². The second-order valence-electron chi connectivity index (χ2n) is 7.61. The molecule has 1 saturated heterocycles. The molecule has 1 aromatic rings. The first-order chi connectivity index (χ1) is 10.8. The monoisotopic (exact) mass is 296 g/mol. The van der Waals surface area contributed by atoms with E-state index in [1.807, 2.05) is 0 Å². The normalized spacial score (nSPS) is 32.0. The Morgan fingerprint density at radius 3 is 2.50 bits per heavy atom. The number of fused-ring (bicyclic) bond motifs is 2. The minimum absolute atomic E-state index is 0.898. The van der Waals surface area contributed by atoms with Crippen LogP contribution >= 0.6 is 0 Å². The van der Waals surface area contributed by atoms with Gasteiger partial charge in [-0.2, -0.15) is 0 Å². The van der Waals surface area contributed by atoms with Gasteiger partial charge in [0.05, 0.1) is 0 Å². The van der Waals surface area contributed by atoms with Gasteiger partial charge in [-0.1, -0.05) is 42.0 Å². The summed E-state index contributed by atoms with van der Waals surface area (Å²) >= 11 is 0. The van der Waals surface area contributed by atoms with Crippen molar-refractivity contribution in [2.75, 3.05) is 32.7 Å². The Morgan fingerprint density at radius 1 is 1.00 bits per heavy atom. The molecule has 0 N–H and O–H groups in total. The third-order valence-corrected chi connectivity index (χ3v) is 5.86. The van der Waals surface area contributed by atoms with Crippen LogP contribution in [0.25, 0.3) is 0 Å². The van der Waals surface area contributed by atoms with E-state index in [9.17, 15) is 0 Å². The maximum Gasteiger partial charge on any atom is 0.0234 e. The molecule has 0 radical (unpaired) electrons. The number of benzene rings is 1. The first-order valence-corrected chi connectivity index (χ1v) is 8.95. The van der Waals surface area contributed by atoms with Crippen LogP contribution in [0.3, 0.4) is 0 Å². The molecule has 22 heavy (non-hydrogen) atoms. The molecule has 2 heteroatoms. The van der Waals surface area contributed by atoms with Gasteiger partial charge < -0.3 is 4.90 Å². The fourth-order valence-electron chi connectivity index (χ4n) is 4.63. The average molecular weight is 296 g/mol. The SMILES string of the molecule is Cc1cccc(CN2CCN(C[C@@H]3C[C@@H]4C=C[C@@H]3C4)CC2)c1. The van der Waals surface area contributed by atoms with Crippen LogP contribution in [0, 0.1) is 24.7 Å². The van der Waals surface area contributed by atoms with Gasteiger partial charge in [-0.25, -0.2) is 0 Å². The highest BCUT2D eigenvalue weighted by molar-refractivity contribution is 5.22. The van der Waals surface area contributed by atoms with Gasteiger partial charge in [-0.05, 0) is 43.1 Å². The fourth-order valence-corrected chi connectivity index (χ4v) is 4.63. The molecule has 0 spiro atoms. The maximum atomic E-state index is 2.71. The van der Waals surface area contributed by atoms with Crippen LogP contribution in [0.4, 0.5) is 0 Å². The van der Waals surface area contributed by atoms with Gasteiger partial charge in [0.2, 0.25) is 0 Å². The van der Waals surface area contributed by atoms with Crippen molar-refractivity contribution < 1.29 is 0 Å². The van der Waals surface area contributed by atoms with E-state index in [1.165, 1.54) is 56.7 Å². The van der Waals surface area contributed by atoms with Gasteiger partial charge in [0.1, 0.15) is 0 Å². The van der Waals surface area contributed by atoms with Gasteiger partial charge in [-0.3, -0.25) is 4.90 Å². The Hall–Kier alpha value is -1.12. The molecule has 1 saturated carbocycles. The zero-order valence-electron chi connectivity index (χ0n) is 13.7. The molecule has 2 nitrogen and oxygen atoms in total. The van der Waals surface area contributed by atoms with Crippen LogP contribution in [-0.4, -0.2) is 42.5 Å². The summed E-state index contributed by atoms with van der Waals surface area (Å²) < 4.78 is 0. The van der Waals surface area contributed by atoms with Crippen LogP contribution < -0.4 is 0 Å². The summed E-state index contributed by atoms with van der Waals surface area (Å²) in [7, 11) is 0. The van der Waals surface area contributed by atoms with E-state index in [1.54, 1.807) is 0 Å². The standard InChI is InChI=1S/C20H28N2/c1-16-3-2-4-18(11-16)14-21-7-9-22(10-8-21)15-20-13-17-5-6-19(20)12-17/h2-6,11,17,19-20H,7-10,12-15H2,1H3/t17-,19-,20+/m1/s1. The maximum absolute atomic E-state index is 2.71. The smallest absolute Gasteiger partial charge is 0.0234 e. The van der Waals surface area contributed by atoms with Crippen LogP contribution in [0.15, 0.2) is 36.4 Å².